The fraction of sp³-hybridized carbons (Fsp3) is 0.625. The van der Waals surface area contributed by atoms with Crippen molar-refractivity contribution in [1.29, 1.82) is 0 Å². The van der Waals surface area contributed by atoms with Gasteiger partial charge in [0.1, 0.15) is 11.4 Å². The fourth-order valence-electron chi connectivity index (χ4n) is 3.09. The summed E-state index contributed by atoms with van der Waals surface area (Å²) in [5.74, 6) is 0.836. The van der Waals surface area contributed by atoms with E-state index in [1.807, 2.05) is 26.8 Å². The Kier molecular flexibility index (Phi) is 4.14. The number of rotatable bonds is 2. The van der Waals surface area contributed by atoms with Crippen molar-refractivity contribution < 1.29 is 9.53 Å². The van der Waals surface area contributed by atoms with Gasteiger partial charge in [0.2, 0.25) is 0 Å². The molecule has 0 aromatic carbocycles. The van der Waals surface area contributed by atoms with Gasteiger partial charge in [0, 0.05) is 31.2 Å². The third-order valence-corrected chi connectivity index (χ3v) is 4.66. The summed E-state index contributed by atoms with van der Waals surface area (Å²) in [7, 11) is 2.17. The van der Waals surface area contributed by atoms with Crippen molar-refractivity contribution in [3.05, 3.63) is 17.3 Å². The molecule has 6 nitrogen and oxygen atoms in total. The molecule has 126 valence electrons. The van der Waals surface area contributed by atoms with Crippen LogP contribution in [-0.4, -0.2) is 53.8 Å². The Labute approximate surface area is 141 Å². The van der Waals surface area contributed by atoms with Crippen LogP contribution in [0.2, 0.25) is 5.02 Å². The van der Waals surface area contributed by atoms with Gasteiger partial charge >= 0.3 is 6.09 Å². The number of amides is 1. The van der Waals surface area contributed by atoms with E-state index in [0.29, 0.717) is 22.8 Å². The average molecular weight is 339 g/mol. The zero-order chi connectivity index (χ0) is 16.8. The minimum atomic E-state index is -0.550. The molecule has 2 unspecified atom stereocenters. The van der Waals surface area contributed by atoms with Crippen LogP contribution in [-0.2, 0) is 4.74 Å². The van der Waals surface area contributed by atoms with Crippen LogP contribution in [0.25, 0.3) is 0 Å². The summed E-state index contributed by atoms with van der Waals surface area (Å²) in [6.45, 7) is 7.37. The molecule has 3 aliphatic heterocycles. The number of anilines is 2. The molecule has 0 radical (unpaired) electrons. The summed E-state index contributed by atoms with van der Waals surface area (Å²) in [5, 5.41) is 3.11. The largest absolute Gasteiger partial charge is 0.444 e. The van der Waals surface area contributed by atoms with E-state index >= 15 is 0 Å². The highest BCUT2D eigenvalue weighted by molar-refractivity contribution is 6.33. The first kappa shape index (κ1) is 16.3. The molecule has 3 saturated heterocycles. The molecule has 2 atom stereocenters. The number of piperidine rings is 1. The number of pyridine rings is 1. The van der Waals surface area contributed by atoms with Crippen LogP contribution in [0.15, 0.2) is 12.3 Å². The number of nitrogens with zero attached hydrogens (tertiary/aromatic N) is 3. The Bertz CT molecular complexity index is 605. The molecular weight excluding hydrogens is 316 g/mol. The predicted octanol–water partition coefficient (Wildman–Crippen LogP) is 2.97. The molecule has 4 rings (SSSR count). The number of nitrogens with one attached hydrogen (secondary N) is 1. The number of ether oxygens (including phenoxy) is 1. The van der Waals surface area contributed by atoms with Crippen molar-refractivity contribution in [3.8, 4) is 0 Å². The summed E-state index contributed by atoms with van der Waals surface area (Å²) in [6, 6.07) is 3.00. The maximum Gasteiger partial charge on any atom is 0.412 e. The van der Waals surface area contributed by atoms with Crippen molar-refractivity contribution in [2.45, 2.75) is 44.9 Å². The number of aromatic nitrogens is 1. The van der Waals surface area contributed by atoms with Crippen LogP contribution in [0, 0.1) is 0 Å². The van der Waals surface area contributed by atoms with Gasteiger partial charge in [-0.15, -0.1) is 0 Å². The summed E-state index contributed by atoms with van der Waals surface area (Å²) in [4.78, 5) is 21.0. The van der Waals surface area contributed by atoms with Crippen LogP contribution in [0.3, 0.4) is 0 Å². The van der Waals surface area contributed by atoms with Gasteiger partial charge in [-0.3, -0.25) is 10.2 Å². The number of halogens is 1. The third-order valence-electron chi connectivity index (χ3n) is 4.36. The lowest BCUT2D eigenvalue weighted by molar-refractivity contribution is 0.0261. The van der Waals surface area contributed by atoms with Crippen molar-refractivity contribution in [3.63, 3.8) is 0 Å². The molecule has 3 aliphatic rings. The third kappa shape index (κ3) is 3.53. The molecule has 1 aromatic heterocycles. The minimum Gasteiger partial charge on any atom is -0.444 e. The Morgan fingerprint density at radius 1 is 1.39 bits per heavy atom. The van der Waals surface area contributed by atoms with Gasteiger partial charge in [0.05, 0.1) is 16.9 Å². The summed E-state index contributed by atoms with van der Waals surface area (Å²) in [6.07, 6.45) is 2.31. The van der Waals surface area contributed by atoms with E-state index in [2.05, 4.69) is 27.1 Å². The molecule has 1 amide bonds. The van der Waals surface area contributed by atoms with Gasteiger partial charge in [-0.05, 0) is 34.2 Å². The van der Waals surface area contributed by atoms with E-state index in [1.165, 1.54) is 6.42 Å². The lowest BCUT2D eigenvalue weighted by atomic mass is 9.88. The van der Waals surface area contributed by atoms with Gasteiger partial charge in [0.15, 0.2) is 0 Å². The normalized spacial score (nSPS) is 24.1. The molecule has 3 fully saturated rings. The van der Waals surface area contributed by atoms with Crippen LogP contribution in [0.5, 0.6) is 0 Å². The highest BCUT2D eigenvalue weighted by Crippen LogP contribution is 2.34. The SMILES string of the molecule is CN1C2CC1CN(c1cc(NC(=O)OC(C)(C)C)c(Cl)cn1)C2. The lowest BCUT2D eigenvalue weighted by Gasteiger charge is -2.55. The van der Waals surface area contributed by atoms with Gasteiger partial charge in [-0.25, -0.2) is 9.78 Å². The summed E-state index contributed by atoms with van der Waals surface area (Å²) in [5.41, 5.74) is -0.0240. The molecule has 23 heavy (non-hydrogen) atoms. The topological polar surface area (TPSA) is 57.7 Å². The van der Waals surface area contributed by atoms with E-state index in [9.17, 15) is 4.79 Å². The molecule has 0 spiro atoms. The molecule has 1 aromatic rings. The Hall–Kier alpha value is -1.53. The van der Waals surface area contributed by atoms with Gasteiger partial charge in [-0.1, -0.05) is 11.6 Å². The standard InChI is InChI=1S/C16H23ClN4O2/c1-16(2,3)23-15(22)19-13-6-14(18-7-12(13)17)21-8-10-5-11(9-21)20(10)4/h6-7,10-11H,5,8-9H2,1-4H3,(H,18,19,22). The van der Waals surface area contributed by atoms with Crippen molar-refractivity contribution >= 4 is 29.2 Å². The summed E-state index contributed by atoms with van der Waals surface area (Å²) < 4.78 is 5.27. The second-order valence-electron chi connectivity index (χ2n) is 7.26. The molecule has 1 N–H and O–H groups in total. The first-order chi connectivity index (χ1) is 10.7. The van der Waals surface area contributed by atoms with Crippen LogP contribution in [0.4, 0.5) is 16.3 Å². The van der Waals surface area contributed by atoms with E-state index in [0.717, 1.165) is 18.9 Å². The van der Waals surface area contributed by atoms with E-state index < -0.39 is 11.7 Å². The van der Waals surface area contributed by atoms with E-state index in [-0.39, 0.29) is 0 Å². The number of hydrogen-bond acceptors (Lipinski definition) is 5. The van der Waals surface area contributed by atoms with Gasteiger partial charge in [0.25, 0.3) is 0 Å². The number of piperazine rings is 1. The second kappa shape index (κ2) is 5.83. The molecule has 0 aliphatic carbocycles. The number of fused-ring (bicyclic) bond motifs is 2. The van der Waals surface area contributed by atoms with Crippen molar-refractivity contribution in [2.75, 3.05) is 30.4 Å². The molecule has 0 saturated carbocycles. The number of hydrogen-bond donors (Lipinski definition) is 1. The number of carbonyl (C=O) groups is 1. The zero-order valence-corrected chi connectivity index (χ0v) is 14.7. The highest BCUT2D eigenvalue weighted by Gasteiger charge is 2.42. The van der Waals surface area contributed by atoms with Crippen LogP contribution < -0.4 is 10.2 Å². The van der Waals surface area contributed by atoms with E-state index in [1.54, 1.807) is 6.20 Å². The Morgan fingerprint density at radius 2 is 2.04 bits per heavy atom. The zero-order valence-electron chi connectivity index (χ0n) is 14.0. The smallest absolute Gasteiger partial charge is 0.412 e. The minimum absolute atomic E-state index is 0.402. The monoisotopic (exact) mass is 338 g/mol. The van der Waals surface area contributed by atoms with Gasteiger partial charge in [-0.2, -0.15) is 0 Å². The second-order valence-corrected chi connectivity index (χ2v) is 7.67. The van der Waals surface area contributed by atoms with Gasteiger partial charge < -0.3 is 9.64 Å². The quantitative estimate of drug-likeness (QED) is 0.898. The fourth-order valence-corrected chi connectivity index (χ4v) is 3.24. The van der Waals surface area contributed by atoms with Crippen LogP contribution in [0.1, 0.15) is 27.2 Å². The molecule has 2 bridgehead atoms. The maximum atomic E-state index is 11.9. The molecular formula is C16H23ClN4O2. The van der Waals surface area contributed by atoms with Crippen molar-refractivity contribution in [1.82, 2.24) is 9.88 Å². The highest BCUT2D eigenvalue weighted by atomic mass is 35.5. The molecule has 7 heteroatoms. The molecule has 4 heterocycles. The summed E-state index contributed by atoms with van der Waals surface area (Å²) >= 11 is 6.15. The average Bonchev–Trinajstić information content (AvgIpc) is 2.47. The number of likely N-dealkylation sites (N-methyl/N-ethyl adjacent to an activating group) is 1. The van der Waals surface area contributed by atoms with E-state index in [4.69, 9.17) is 16.3 Å². The maximum absolute atomic E-state index is 11.9. The van der Waals surface area contributed by atoms with Crippen molar-refractivity contribution in [2.24, 2.45) is 0 Å². The Morgan fingerprint density at radius 3 is 2.61 bits per heavy atom. The Balaban J connectivity index is 1.71. The predicted molar refractivity (Wildman–Crippen MR) is 91.3 cm³/mol. The first-order valence-electron chi connectivity index (χ1n) is 7.85. The lowest BCUT2D eigenvalue weighted by Crippen LogP contribution is -2.67. The van der Waals surface area contributed by atoms with Crippen LogP contribution >= 0.6 is 11.6 Å². The number of carbonyl (C=O) groups excluding carboxylic acids is 1. The first-order valence-corrected chi connectivity index (χ1v) is 8.23.